The van der Waals surface area contributed by atoms with Gasteiger partial charge in [0.15, 0.2) is 0 Å². The summed E-state index contributed by atoms with van der Waals surface area (Å²) in [4.78, 5) is 10.6. The van der Waals surface area contributed by atoms with Crippen LogP contribution >= 0.6 is 11.6 Å². The Bertz CT molecular complexity index is 722. The van der Waals surface area contributed by atoms with Gasteiger partial charge in [-0.3, -0.25) is 0 Å². The van der Waals surface area contributed by atoms with Crippen molar-refractivity contribution in [3.05, 3.63) is 11.6 Å². The fourth-order valence-corrected chi connectivity index (χ4v) is 1.42. The van der Waals surface area contributed by atoms with Crippen LogP contribution in [0.1, 0.15) is 0 Å². The summed E-state index contributed by atoms with van der Waals surface area (Å²) in [5.41, 5.74) is 0. The molecular weight excluding hydrogens is 523 g/mol. The molecule has 0 rings (SSSR count). The lowest BCUT2D eigenvalue weighted by Gasteiger charge is -2.42. The largest absolute Gasteiger partial charge is 0.473 e. The fraction of sp³-hybridized carbons (Fsp3) is 0.727. The lowest BCUT2D eigenvalue weighted by Crippen LogP contribution is -2.74. The molecule has 184 valence electrons. The standard InChI is InChI=1S/C11H2ClF17O2/c1-2(12)3(30)31-11(28,29)9(23,24)7(19,20)5(15,16)4(13,14)6(17,18)8(21,22)10(25,26)27/h1H2. The highest BCUT2D eigenvalue weighted by molar-refractivity contribution is 6.40. The van der Waals surface area contributed by atoms with Crippen molar-refractivity contribution in [2.45, 2.75) is 47.8 Å². The zero-order valence-corrected chi connectivity index (χ0v) is 14.1. The Labute approximate surface area is 162 Å². The van der Waals surface area contributed by atoms with Crippen molar-refractivity contribution in [3.63, 3.8) is 0 Å². The molecule has 0 spiro atoms. The SMILES string of the molecule is C=C(Cl)C(=O)OC(F)(F)C(F)(F)C(F)(F)C(F)(F)C(F)(F)C(F)(F)C(F)(F)C(F)(F)F. The first-order valence-corrected chi connectivity index (χ1v) is 6.75. The van der Waals surface area contributed by atoms with Crippen molar-refractivity contribution in [2.24, 2.45) is 0 Å². The van der Waals surface area contributed by atoms with E-state index in [0.29, 0.717) is 0 Å². The number of rotatable bonds is 8. The van der Waals surface area contributed by atoms with E-state index in [0.717, 1.165) is 0 Å². The number of ether oxygens (including phenoxy) is 1. The van der Waals surface area contributed by atoms with Crippen LogP contribution in [0.2, 0.25) is 0 Å². The van der Waals surface area contributed by atoms with Crippen molar-refractivity contribution in [2.75, 3.05) is 0 Å². The van der Waals surface area contributed by atoms with Crippen LogP contribution in [0.3, 0.4) is 0 Å². The van der Waals surface area contributed by atoms with E-state index in [1.165, 1.54) is 0 Å². The van der Waals surface area contributed by atoms with E-state index in [2.05, 4.69) is 22.9 Å². The number of alkyl halides is 17. The van der Waals surface area contributed by atoms with Gasteiger partial charge in [0.1, 0.15) is 5.03 Å². The Morgan fingerprint density at radius 1 is 0.548 bits per heavy atom. The average molecular weight is 525 g/mol. The normalized spacial score (nSPS) is 15.7. The van der Waals surface area contributed by atoms with Crippen LogP contribution in [0.15, 0.2) is 11.6 Å². The van der Waals surface area contributed by atoms with Crippen molar-refractivity contribution in [1.82, 2.24) is 0 Å². The van der Waals surface area contributed by atoms with Crippen molar-refractivity contribution >= 4 is 17.6 Å². The molecule has 0 aliphatic carbocycles. The average Bonchev–Trinajstić information content (AvgIpc) is 2.51. The highest BCUT2D eigenvalue weighted by Gasteiger charge is 2.95. The number of halogens is 18. The molecule has 0 radical (unpaired) electrons. The van der Waals surface area contributed by atoms with Gasteiger partial charge in [-0.25, -0.2) is 4.79 Å². The summed E-state index contributed by atoms with van der Waals surface area (Å²) >= 11 is 4.52. The van der Waals surface area contributed by atoms with E-state index < -0.39 is 58.8 Å². The minimum Gasteiger partial charge on any atom is -0.392 e. The van der Waals surface area contributed by atoms with E-state index in [9.17, 15) is 79.4 Å². The second-order valence-electron chi connectivity index (χ2n) is 5.26. The minimum absolute atomic E-state index is 1.83. The zero-order chi connectivity index (χ0) is 25.9. The molecule has 0 heterocycles. The number of carbonyl (C=O) groups is 1. The van der Waals surface area contributed by atoms with Crippen LogP contribution in [0, 0.1) is 0 Å². The second kappa shape index (κ2) is 7.43. The third kappa shape index (κ3) is 3.96. The number of esters is 1. The van der Waals surface area contributed by atoms with E-state index >= 15 is 0 Å². The van der Waals surface area contributed by atoms with Gasteiger partial charge in [0, 0.05) is 0 Å². The molecule has 20 heteroatoms. The monoisotopic (exact) mass is 524 g/mol. The Balaban J connectivity index is 6.69. The van der Waals surface area contributed by atoms with E-state index in [1.54, 1.807) is 0 Å². The maximum absolute atomic E-state index is 13.3. The predicted octanol–water partition coefficient (Wildman–Crippen LogP) is 6.25. The Morgan fingerprint density at radius 2 is 0.806 bits per heavy atom. The summed E-state index contributed by atoms with van der Waals surface area (Å²) in [5, 5.41) is -1.83. The smallest absolute Gasteiger partial charge is 0.392 e. The van der Waals surface area contributed by atoms with Gasteiger partial charge in [-0.2, -0.15) is 74.6 Å². The Morgan fingerprint density at radius 3 is 1.06 bits per heavy atom. The van der Waals surface area contributed by atoms with E-state index in [-0.39, 0.29) is 0 Å². The summed E-state index contributed by atoms with van der Waals surface area (Å²) in [6, 6.07) is 0. The van der Waals surface area contributed by atoms with Gasteiger partial charge in [-0.1, -0.05) is 18.2 Å². The van der Waals surface area contributed by atoms with Crippen LogP contribution in [0.4, 0.5) is 74.6 Å². The highest BCUT2D eigenvalue weighted by atomic mass is 35.5. The van der Waals surface area contributed by atoms with Crippen LogP contribution in [-0.2, 0) is 9.53 Å². The van der Waals surface area contributed by atoms with Crippen LogP contribution in [0.25, 0.3) is 0 Å². The van der Waals surface area contributed by atoms with Crippen molar-refractivity contribution in [3.8, 4) is 0 Å². The summed E-state index contributed by atoms with van der Waals surface area (Å²) < 4.78 is 221. The summed E-state index contributed by atoms with van der Waals surface area (Å²) in [5.74, 6) is -54.0. The molecule has 0 atom stereocenters. The third-order valence-corrected chi connectivity index (χ3v) is 3.29. The molecule has 0 N–H and O–H groups in total. The molecule has 0 aromatic rings. The maximum Gasteiger partial charge on any atom is 0.473 e. The molecule has 0 aliphatic heterocycles. The lowest BCUT2D eigenvalue weighted by molar-refractivity contribution is -0.473. The number of carbonyl (C=O) groups excluding carboxylic acids is 1. The van der Waals surface area contributed by atoms with E-state index in [4.69, 9.17) is 0 Å². The van der Waals surface area contributed by atoms with Gasteiger partial charge in [0.2, 0.25) is 0 Å². The first-order chi connectivity index (χ1) is 13.1. The molecule has 0 saturated carbocycles. The molecule has 0 aromatic carbocycles. The lowest BCUT2D eigenvalue weighted by atomic mass is 9.90. The third-order valence-electron chi connectivity index (χ3n) is 3.14. The van der Waals surface area contributed by atoms with Gasteiger partial charge in [-0.15, -0.1) is 0 Å². The molecule has 0 fully saturated rings. The van der Waals surface area contributed by atoms with Crippen LogP contribution in [0.5, 0.6) is 0 Å². The summed E-state index contributed by atoms with van der Waals surface area (Å²) in [6.45, 7) is 2.22. The van der Waals surface area contributed by atoms with Gasteiger partial charge >= 0.3 is 53.8 Å². The molecule has 0 bridgehead atoms. The molecule has 0 unspecified atom stereocenters. The van der Waals surface area contributed by atoms with Crippen LogP contribution < -0.4 is 0 Å². The summed E-state index contributed by atoms with van der Waals surface area (Å²) in [6.07, 6.45) is -15.1. The zero-order valence-electron chi connectivity index (χ0n) is 13.3. The molecule has 0 aromatic heterocycles. The Kier molecular flexibility index (Phi) is 7.02. The molecule has 31 heavy (non-hydrogen) atoms. The molecule has 0 saturated heterocycles. The van der Waals surface area contributed by atoms with Gasteiger partial charge in [0.25, 0.3) is 0 Å². The topological polar surface area (TPSA) is 26.3 Å². The van der Waals surface area contributed by atoms with Gasteiger partial charge < -0.3 is 4.74 Å². The fourth-order valence-electron chi connectivity index (χ4n) is 1.39. The minimum atomic E-state index is -8.76. The molecule has 0 aliphatic rings. The van der Waals surface area contributed by atoms with Crippen molar-refractivity contribution < 1.29 is 84.2 Å². The first-order valence-electron chi connectivity index (χ1n) is 6.37. The van der Waals surface area contributed by atoms with Gasteiger partial charge in [-0.05, 0) is 0 Å². The molecular formula is C11H2ClF17O2. The Hall–Kier alpha value is -1.69. The van der Waals surface area contributed by atoms with E-state index in [1.807, 2.05) is 0 Å². The van der Waals surface area contributed by atoms with Crippen molar-refractivity contribution in [1.29, 1.82) is 0 Å². The van der Waals surface area contributed by atoms with Crippen LogP contribution in [-0.4, -0.2) is 53.8 Å². The second-order valence-corrected chi connectivity index (χ2v) is 5.71. The highest BCUT2D eigenvalue weighted by Crippen LogP contribution is 2.64. The summed E-state index contributed by atoms with van der Waals surface area (Å²) in [7, 11) is 0. The predicted molar refractivity (Wildman–Crippen MR) is 61.8 cm³/mol. The maximum atomic E-state index is 13.3. The first kappa shape index (κ1) is 29.3. The number of hydrogen-bond donors (Lipinski definition) is 0. The molecule has 2 nitrogen and oxygen atoms in total. The number of hydrogen-bond acceptors (Lipinski definition) is 2. The quantitative estimate of drug-likeness (QED) is 0.213. The molecule has 0 amide bonds. The van der Waals surface area contributed by atoms with Gasteiger partial charge in [0.05, 0.1) is 0 Å².